The van der Waals surface area contributed by atoms with Gasteiger partial charge in [0, 0.05) is 22.8 Å². The van der Waals surface area contributed by atoms with Gasteiger partial charge in [-0.25, -0.2) is 4.98 Å². The van der Waals surface area contributed by atoms with Crippen molar-refractivity contribution in [3.8, 4) is 11.5 Å². The summed E-state index contributed by atoms with van der Waals surface area (Å²) in [6.45, 7) is 0. The third-order valence-corrected chi connectivity index (χ3v) is 4.28. The number of anilines is 4. The Morgan fingerprint density at radius 3 is 2.21 bits per heavy atom. The van der Waals surface area contributed by atoms with Crippen molar-refractivity contribution in [1.29, 1.82) is 0 Å². The Labute approximate surface area is 175 Å². The molecule has 148 valence electrons. The Hall–Kier alpha value is -3.51. The summed E-state index contributed by atoms with van der Waals surface area (Å²) in [5, 5.41) is 7.56. The van der Waals surface area contributed by atoms with Crippen molar-refractivity contribution < 1.29 is 9.47 Å². The minimum absolute atomic E-state index is 0. The van der Waals surface area contributed by atoms with Gasteiger partial charge in [0.1, 0.15) is 17.3 Å². The summed E-state index contributed by atoms with van der Waals surface area (Å²) in [5.41, 5.74) is 2.61. The van der Waals surface area contributed by atoms with Crippen LogP contribution in [0.25, 0.3) is 10.9 Å². The molecule has 0 saturated carbocycles. The summed E-state index contributed by atoms with van der Waals surface area (Å²) in [5.74, 6) is 2.80. The molecular formula is C22H21ClN4O2. The molecule has 3 aromatic carbocycles. The van der Waals surface area contributed by atoms with Gasteiger partial charge in [-0.2, -0.15) is 4.98 Å². The van der Waals surface area contributed by atoms with Crippen LogP contribution < -0.4 is 20.1 Å². The van der Waals surface area contributed by atoms with E-state index in [0.29, 0.717) is 5.95 Å². The molecule has 2 N–H and O–H groups in total. The average molecular weight is 409 g/mol. The van der Waals surface area contributed by atoms with Gasteiger partial charge in [0.25, 0.3) is 0 Å². The van der Waals surface area contributed by atoms with E-state index in [1.54, 1.807) is 14.2 Å². The number of para-hydroxylation sites is 1. The quantitative estimate of drug-likeness (QED) is 0.435. The van der Waals surface area contributed by atoms with Crippen molar-refractivity contribution in [2.75, 3.05) is 24.9 Å². The number of fused-ring (bicyclic) bond motifs is 1. The number of benzene rings is 3. The van der Waals surface area contributed by atoms with E-state index in [0.717, 1.165) is 39.6 Å². The lowest BCUT2D eigenvalue weighted by atomic mass is 10.2. The molecule has 0 unspecified atom stereocenters. The van der Waals surface area contributed by atoms with Crippen LogP contribution in [-0.2, 0) is 0 Å². The first-order valence-corrected chi connectivity index (χ1v) is 8.84. The second kappa shape index (κ2) is 9.12. The summed E-state index contributed by atoms with van der Waals surface area (Å²) < 4.78 is 10.5. The van der Waals surface area contributed by atoms with Crippen LogP contribution in [0.2, 0.25) is 0 Å². The van der Waals surface area contributed by atoms with Gasteiger partial charge in [-0.05, 0) is 48.5 Å². The number of rotatable bonds is 6. The van der Waals surface area contributed by atoms with Crippen molar-refractivity contribution in [1.82, 2.24) is 9.97 Å². The van der Waals surface area contributed by atoms with Gasteiger partial charge in [0.15, 0.2) is 0 Å². The van der Waals surface area contributed by atoms with Crippen molar-refractivity contribution >= 4 is 46.5 Å². The smallest absolute Gasteiger partial charge is 0.229 e. The molecule has 0 spiro atoms. The van der Waals surface area contributed by atoms with Crippen LogP contribution in [0.3, 0.4) is 0 Å². The molecule has 4 aromatic rings. The minimum Gasteiger partial charge on any atom is -0.497 e. The van der Waals surface area contributed by atoms with Crippen LogP contribution in [0, 0.1) is 0 Å². The Bertz CT molecular complexity index is 1100. The third kappa shape index (κ3) is 4.67. The predicted octanol–water partition coefficient (Wildman–Crippen LogP) is 5.56. The van der Waals surface area contributed by atoms with Crippen LogP contribution in [0.5, 0.6) is 11.5 Å². The lowest BCUT2D eigenvalue weighted by Crippen LogP contribution is -2.02. The Morgan fingerprint density at radius 1 is 0.690 bits per heavy atom. The monoisotopic (exact) mass is 408 g/mol. The van der Waals surface area contributed by atoms with Gasteiger partial charge in [0.2, 0.25) is 5.95 Å². The van der Waals surface area contributed by atoms with Gasteiger partial charge in [-0.15, -0.1) is 12.4 Å². The molecule has 7 heteroatoms. The number of nitrogens with zero attached hydrogens (tertiary/aromatic N) is 2. The third-order valence-electron chi connectivity index (χ3n) is 4.28. The number of hydrogen-bond donors (Lipinski definition) is 2. The molecule has 0 bridgehead atoms. The molecule has 0 radical (unpaired) electrons. The number of hydrogen-bond acceptors (Lipinski definition) is 6. The van der Waals surface area contributed by atoms with Gasteiger partial charge in [0.05, 0.1) is 19.7 Å². The molecule has 29 heavy (non-hydrogen) atoms. The highest BCUT2D eigenvalue weighted by molar-refractivity contribution is 5.92. The normalized spacial score (nSPS) is 10.1. The molecule has 0 fully saturated rings. The average Bonchev–Trinajstić information content (AvgIpc) is 2.74. The van der Waals surface area contributed by atoms with Crippen LogP contribution in [0.4, 0.5) is 23.1 Å². The second-order valence-corrected chi connectivity index (χ2v) is 6.12. The minimum atomic E-state index is 0. The van der Waals surface area contributed by atoms with Crippen molar-refractivity contribution in [3.63, 3.8) is 0 Å². The molecule has 1 aromatic heterocycles. The number of ether oxygens (including phenoxy) is 2. The van der Waals surface area contributed by atoms with Gasteiger partial charge in [-0.3, -0.25) is 0 Å². The summed E-state index contributed by atoms with van der Waals surface area (Å²) in [7, 11) is 3.29. The SMILES string of the molecule is COc1ccc(Nc2nc(Nc3cccc(OC)c3)c3ccccc3n2)cc1.Cl. The van der Waals surface area contributed by atoms with E-state index in [1.165, 1.54) is 0 Å². The van der Waals surface area contributed by atoms with Crippen LogP contribution in [-0.4, -0.2) is 24.2 Å². The molecule has 0 atom stereocenters. The first-order valence-electron chi connectivity index (χ1n) is 8.84. The van der Waals surface area contributed by atoms with Crippen molar-refractivity contribution in [2.45, 2.75) is 0 Å². The van der Waals surface area contributed by atoms with Crippen LogP contribution >= 0.6 is 12.4 Å². The molecule has 6 nitrogen and oxygen atoms in total. The second-order valence-electron chi connectivity index (χ2n) is 6.12. The fraction of sp³-hybridized carbons (Fsp3) is 0.0909. The standard InChI is InChI=1S/C22H20N4O2.ClH/c1-27-17-12-10-15(11-13-17)24-22-25-20-9-4-3-8-19(20)21(26-22)23-16-6-5-7-18(14-16)28-2;/h3-14H,1-2H3,(H2,23,24,25,26);1H. The Morgan fingerprint density at radius 2 is 1.45 bits per heavy atom. The van der Waals surface area contributed by atoms with E-state index in [1.807, 2.05) is 72.8 Å². The van der Waals surface area contributed by atoms with E-state index < -0.39 is 0 Å². The maximum Gasteiger partial charge on any atom is 0.229 e. The molecule has 0 saturated heterocycles. The van der Waals surface area contributed by atoms with Crippen LogP contribution in [0.1, 0.15) is 0 Å². The molecule has 1 heterocycles. The van der Waals surface area contributed by atoms with E-state index in [2.05, 4.69) is 20.6 Å². The molecular weight excluding hydrogens is 388 g/mol. The zero-order valence-electron chi connectivity index (χ0n) is 16.0. The molecule has 0 aliphatic carbocycles. The van der Waals surface area contributed by atoms with Gasteiger partial charge in [-0.1, -0.05) is 18.2 Å². The van der Waals surface area contributed by atoms with E-state index in [4.69, 9.17) is 9.47 Å². The summed E-state index contributed by atoms with van der Waals surface area (Å²) in [4.78, 5) is 9.32. The zero-order valence-corrected chi connectivity index (χ0v) is 16.9. The first kappa shape index (κ1) is 20.2. The molecule has 4 rings (SSSR count). The topological polar surface area (TPSA) is 68.3 Å². The van der Waals surface area contributed by atoms with E-state index >= 15 is 0 Å². The lowest BCUT2D eigenvalue weighted by molar-refractivity contribution is 0.415. The number of methoxy groups -OCH3 is 2. The molecule has 0 aliphatic rings. The van der Waals surface area contributed by atoms with Crippen LogP contribution in [0.15, 0.2) is 72.8 Å². The van der Waals surface area contributed by atoms with Crippen molar-refractivity contribution in [3.05, 3.63) is 72.8 Å². The highest BCUT2D eigenvalue weighted by Crippen LogP contribution is 2.28. The number of nitrogens with one attached hydrogen (secondary N) is 2. The molecule has 0 aliphatic heterocycles. The molecule has 0 amide bonds. The van der Waals surface area contributed by atoms with E-state index in [-0.39, 0.29) is 12.4 Å². The number of aromatic nitrogens is 2. The Balaban J connectivity index is 0.00000240. The lowest BCUT2D eigenvalue weighted by Gasteiger charge is -2.13. The Kier molecular flexibility index (Phi) is 6.36. The van der Waals surface area contributed by atoms with Crippen molar-refractivity contribution in [2.24, 2.45) is 0 Å². The van der Waals surface area contributed by atoms with Gasteiger partial charge < -0.3 is 20.1 Å². The largest absolute Gasteiger partial charge is 0.497 e. The van der Waals surface area contributed by atoms with E-state index in [9.17, 15) is 0 Å². The fourth-order valence-electron chi connectivity index (χ4n) is 2.87. The fourth-order valence-corrected chi connectivity index (χ4v) is 2.87. The summed E-state index contributed by atoms with van der Waals surface area (Å²) in [6.07, 6.45) is 0. The maximum absolute atomic E-state index is 5.31. The first-order chi connectivity index (χ1) is 13.7. The predicted molar refractivity (Wildman–Crippen MR) is 119 cm³/mol. The number of halogens is 1. The highest BCUT2D eigenvalue weighted by Gasteiger charge is 2.09. The highest BCUT2D eigenvalue weighted by atomic mass is 35.5. The maximum atomic E-state index is 5.31. The van der Waals surface area contributed by atoms with Gasteiger partial charge >= 0.3 is 0 Å². The zero-order chi connectivity index (χ0) is 19.3. The summed E-state index contributed by atoms with van der Waals surface area (Å²) in [6, 6.07) is 23.2. The summed E-state index contributed by atoms with van der Waals surface area (Å²) >= 11 is 0.